The van der Waals surface area contributed by atoms with Crippen LogP contribution in [0.5, 0.6) is 0 Å². The number of hydrogen-bond acceptors (Lipinski definition) is 2. The molecule has 0 aliphatic carbocycles. The second-order valence-electron chi connectivity index (χ2n) is 7.21. The van der Waals surface area contributed by atoms with Crippen LogP contribution in [0.3, 0.4) is 0 Å². The fraction of sp³-hybridized carbons (Fsp3) is 0.333. The summed E-state index contributed by atoms with van der Waals surface area (Å²) in [6, 6.07) is 8.48. The summed E-state index contributed by atoms with van der Waals surface area (Å²) >= 11 is 11.9. The summed E-state index contributed by atoms with van der Waals surface area (Å²) in [7, 11) is 1.81. The van der Waals surface area contributed by atoms with E-state index >= 15 is 0 Å². The number of quaternary nitrogens is 1. The van der Waals surface area contributed by atoms with Gasteiger partial charge in [0.05, 0.1) is 7.05 Å². The lowest BCUT2D eigenvalue weighted by atomic mass is 10.1. The van der Waals surface area contributed by atoms with E-state index in [9.17, 15) is 9.59 Å². The SMILES string of the molecule is Cc1cc(C)c(NC(=O)C[NH+](C)[C@H](C)C(=O)Nc2cc(Cl)cc(Cl)c2)c(C)c1. The summed E-state index contributed by atoms with van der Waals surface area (Å²) in [5.41, 5.74) is 4.55. The Balaban J connectivity index is 1.98. The third-order valence-electron chi connectivity index (χ3n) is 4.64. The van der Waals surface area contributed by atoms with Gasteiger partial charge in [0.2, 0.25) is 0 Å². The van der Waals surface area contributed by atoms with E-state index < -0.39 is 6.04 Å². The van der Waals surface area contributed by atoms with Crippen molar-refractivity contribution in [1.82, 2.24) is 0 Å². The maximum atomic E-state index is 12.5. The van der Waals surface area contributed by atoms with Gasteiger partial charge >= 0.3 is 0 Å². The Bertz CT molecular complexity index is 856. The zero-order valence-electron chi connectivity index (χ0n) is 16.7. The Morgan fingerprint density at radius 1 is 0.964 bits per heavy atom. The molecule has 2 aromatic carbocycles. The number of nitrogens with one attached hydrogen (secondary N) is 3. The van der Waals surface area contributed by atoms with Gasteiger partial charge in [0.1, 0.15) is 0 Å². The van der Waals surface area contributed by atoms with Crippen LogP contribution in [-0.2, 0) is 9.59 Å². The van der Waals surface area contributed by atoms with Gasteiger partial charge in [-0.3, -0.25) is 9.59 Å². The summed E-state index contributed by atoms with van der Waals surface area (Å²) in [6.07, 6.45) is 0. The predicted molar refractivity (Wildman–Crippen MR) is 116 cm³/mol. The van der Waals surface area contributed by atoms with Gasteiger partial charge in [-0.1, -0.05) is 40.9 Å². The summed E-state index contributed by atoms with van der Waals surface area (Å²) in [6.45, 7) is 7.90. The van der Waals surface area contributed by atoms with Gasteiger partial charge in [0, 0.05) is 21.4 Å². The van der Waals surface area contributed by atoms with Crippen LogP contribution in [-0.4, -0.2) is 31.4 Å². The predicted octanol–water partition coefficient (Wildman–Crippen LogP) is 3.40. The third kappa shape index (κ3) is 5.96. The number of carbonyl (C=O) groups is 2. The number of rotatable bonds is 6. The molecule has 0 heterocycles. The smallest absolute Gasteiger partial charge is 0.282 e. The van der Waals surface area contributed by atoms with Crippen LogP contribution < -0.4 is 15.5 Å². The molecule has 0 aliphatic heterocycles. The first kappa shape index (κ1) is 22.2. The molecule has 150 valence electrons. The van der Waals surface area contributed by atoms with Crippen molar-refractivity contribution in [3.8, 4) is 0 Å². The molecule has 2 rings (SSSR count). The zero-order chi connectivity index (χ0) is 21.0. The summed E-state index contributed by atoms with van der Waals surface area (Å²) < 4.78 is 0. The Hall–Kier alpha value is -2.08. The molecule has 0 radical (unpaired) electrons. The minimum atomic E-state index is -0.441. The molecule has 0 spiro atoms. The fourth-order valence-electron chi connectivity index (χ4n) is 3.07. The van der Waals surface area contributed by atoms with Crippen molar-refractivity contribution in [2.45, 2.75) is 33.7 Å². The Labute approximate surface area is 176 Å². The summed E-state index contributed by atoms with van der Waals surface area (Å²) in [5.74, 6) is -0.357. The van der Waals surface area contributed by atoms with E-state index in [1.54, 1.807) is 25.1 Å². The number of hydrogen-bond donors (Lipinski definition) is 3. The monoisotopic (exact) mass is 422 g/mol. The van der Waals surface area contributed by atoms with E-state index in [0.717, 1.165) is 27.3 Å². The molecule has 28 heavy (non-hydrogen) atoms. The second-order valence-corrected chi connectivity index (χ2v) is 8.09. The highest BCUT2D eigenvalue weighted by molar-refractivity contribution is 6.35. The van der Waals surface area contributed by atoms with Crippen LogP contribution in [0.15, 0.2) is 30.3 Å². The minimum absolute atomic E-state index is 0.141. The van der Waals surface area contributed by atoms with Gasteiger partial charge in [-0.05, 0) is 57.0 Å². The molecular formula is C21H26Cl2N3O2+. The normalized spacial score (nSPS) is 13.0. The average molecular weight is 423 g/mol. The van der Waals surface area contributed by atoms with Crippen molar-refractivity contribution < 1.29 is 14.5 Å². The second kappa shape index (κ2) is 9.41. The van der Waals surface area contributed by atoms with E-state index in [1.165, 1.54) is 0 Å². The van der Waals surface area contributed by atoms with Gasteiger partial charge in [-0.25, -0.2) is 0 Å². The lowest BCUT2D eigenvalue weighted by Gasteiger charge is -2.21. The first-order valence-corrected chi connectivity index (χ1v) is 9.79. The topological polar surface area (TPSA) is 62.6 Å². The molecule has 0 bridgehead atoms. The molecule has 3 N–H and O–H groups in total. The number of aryl methyl sites for hydroxylation is 3. The molecule has 0 fully saturated rings. The molecule has 0 aromatic heterocycles. The van der Waals surface area contributed by atoms with E-state index in [1.807, 2.05) is 40.0 Å². The lowest BCUT2D eigenvalue weighted by molar-refractivity contribution is -0.885. The first-order chi connectivity index (χ1) is 13.1. The molecular weight excluding hydrogens is 397 g/mol. The number of benzene rings is 2. The van der Waals surface area contributed by atoms with Gasteiger partial charge < -0.3 is 15.5 Å². The van der Waals surface area contributed by atoms with E-state index in [4.69, 9.17) is 23.2 Å². The largest absolute Gasteiger partial charge is 0.321 e. The van der Waals surface area contributed by atoms with Crippen LogP contribution >= 0.6 is 23.2 Å². The number of halogens is 2. The number of carbonyl (C=O) groups excluding carboxylic acids is 2. The van der Waals surface area contributed by atoms with Crippen LogP contribution in [0.1, 0.15) is 23.6 Å². The number of anilines is 2. The van der Waals surface area contributed by atoms with Crippen LogP contribution in [0, 0.1) is 20.8 Å². The molecule has 7 heteroatoms. The van der Waals surface area contributed by atoms with E-state index in [2.05, 4.69) is 10.6 Å². The lowest BCUT2D eigenvalue weighted by Crippen LogP contribution is -3.14. The number of likely N-dealkylation sites (N-methyl/N-ethyl adjacent to an activating group) is 1. The molecule has 2 atom stereocenters. The van der Waals surface area contributed by atoms with Crippen molar-refractivity contribution >= 4 is 46.4 Å². The molecule has 5 nitrogen and oxygen atoms in total. The van der Waals surface area contributed by atoms with Crippen LogP contribution in [0.25, 0.3) is 0 Å². The molecule has 0 saturated carbocycles. The molecule has 1 unspecified atom stereocenters. The Morgan fingerprint density at radius 2 is 1.50 bits per heavy atom. The maximum absolute atomic E-state index is 12.5. The van der Waals surface area contributed by atoms with Crippen molar-refractivity contribution in [3.63, 3.8) is 0 Å². The van der Waals surface area contributed by atoms with Crippen molar-refractivity contribution in [1.29, 1.82) is 0 Å². The standard InChI is InChI=1S/C21H25Cl2N3O2/c1-12-6-13(2)20(14(3)7-12)25-19(27)11-26(5)15(4)21(28)24-18-9-16(22)8-17(23)10-18/h6-10,15H,11H2,1-5H3,(H,24,28)(H,25,27)/p+1/t15-/m1/s1. The van der Waals surface area contributed by atoms with Crippen LogP contribution in [0.2, 0.25) is 10.0 Å². The number of amides is 2. The molecule has 0 aliphatic rings. The Kier molecular flexibility index (Phi) is 7.47. The van der Waals surface area contributed by atoms with E-state index in [0.29, 0.717) is 15.7 Å². The highest BCUT2D eigenvalue weighted by atomic mass is 35.5. The third-order valence-corrected chi connectivity index (χ3v) is 5.08. The zero-order valence-corrected chi connectivity index (χ0v) is 18.3. The van der Waals surface area contributed by atoms with Gasteiger partial charge in [-0.2, -0.15) is 0 Å². The van der Waals surface area contributed by atoms with E-state index in [-0.39, 0.29) is 18.4 Å². The van der Waals surface area contributed by atoms with Crippen molar-refractivity contribution in [3.05, 3.63) is 57.1 Å². The minimum Gasteiger partial charge on any atom is -0.321 e. The highest BCUT2D eigenvalue weighted by Gasteiger charge is 2.24. The quantitative estimate of drug-likeness (QED) is 0.667. The Morgan fingerprint density at radius 3 is 2.04 bits per heavy atom. The maximum Gasteiger partial charge on any atom is 0.282 e. The fourth-order valence-corrected chi connectivity index (χ4v) is 3.59. The molecule has 2 amide bonds. The van der Waals surface area contributed by atoms with Gasteiger partial charge in [-0.15, -0.1) is 0 Å². The molecule has 2 aromatic rings. The van der Waals surface area contributed by atoms with Crippen molar-refractivity contribution in [2.24, 2.45) is 0 Å². The molecule has 0 saturated heterocycles. The van der Waals surface area contributed by atoms with Crippen molar-refractivity contribution in [2.75, 3.05) is 24.2 Å². The summed E-state index contributed by atoms with van der Waals surface area (Å²) in [5, 5.41) is 6.65. The highest BCUT2D eigenvalue weighted by Crippen LogP contribution is 2.23. The van der Waals surface area contributed by atoms with Gasteiger partial charge in [0.15, 0.2) is 12.6 Å². The van der Waals surface area contributed by atoms with Crippen LogP contribution in [0.4, 0.5) is 11.4 Å². The summed E-state index contributed by atoms with van der Waals surface area (Å²) in [4.78, 5) is 25.8. The van der Waals surface area contributed by atoms with Gasteiger partial charge in [0.25, 0.3) is 11.8 Å². The average Bonchev–Trinajstić information content (AvgIpc) is 2.56. The first-order valence-electron chi connectivity index (χ1n) is 9.03.